The van der Waals surface area contributed by atoms with Crippen LogP contribution in [0.4, 0.5) is 13.2 Å². The molecule has 1 aromatic heterocycles. The standard InChI is InChI=1S/C10H10ClF3N2O2/c1-16-8(11)6(7(15-16)10(12,13)14)4-18-9(17)5-2-3-5/h5H,2-4H2,1H3. The highest BCUT2D eigenvalue weighted by Gasteiger charge is 2.39. The minimum absolute atomic E-state index is 0.171. The summed E-state index contributed by atoms with van der Waals surface area (Å²) in [5, 5.41) is 3.11. The van der Waals surface area contributed by atoms with Crippen molar-refractivity contribution in [2.45, 2.75) is 25.6 Å². The van der Waals surface area contributed by atoms with Crippen LogP contribution in [0.3, 0.4) is 0 Å². The summed E-state index contributed by atoms with van der Waals surface area (Å²) < 4.78 is 43.7. The number of aromatic nitrogens is 2. The zero-order valence-corrected chi connectivity index (χ0v) is 10.2. The summed E-state index contributed by atoms with van der Waals surface area (Å²) in [5.74, 6) is -0.655. The van der Waals surface area contributed by atoms with Crippen LogP contribution in [0.1, 0.15) is 24.1 Å². The van der Waals surface area contributed by atoms with Gasteiger partial charge < -0.3 is 4.74 Å². The molecule has 1 aliphatic rings. The van der Waals surface area contributed by atoms with Crippen LogP contribution in [0, 0.1) is 5.92 Å². The minimum atomic E-state index is -4.62. The Morgan fingerprint density at radius 1 is 1.56 bits per heavy atom. The summed E-state index contributed by atoms with van der Waals surface area (Å²) in [4.78, 5) is 11.3. The molecule has 1 aliphatic carbocycles. The third kappa shape index (κ3) is 2.60. The Morgan fingerprint density at radius 2 is 2.17 bits per heavy atom. The normalized spacial score (nSPS) is 15.8. The van der Waals surface area contributed by atoms with E-state index in [9.17, 15) is 18.0 Å². The summed E-state index contributed by atoms with van der Waals surface area (Å²) in [6, 6.07) is 0. The molecule has 0 bridgehead atoms. The maximum absolute atomic E-state index is 12.7. The van der Waals surface area contributed by atoms with E-state index in [1.54, 1.807) is 0 Å². The van der Waals surface area contributed by atoms with Crippen LogP contribution >= 0.6 is 11.6 Å². The molecule has 0 spiro atoms. The molecule has 1 heterocycles. The van der Waals surface area contributed by atoms with Gasteiger partial charge in [-0.3, -0.25) is 9.48 Å². The van der Waals surface area contributed by atoms with Crippen LogP contribution in [0.25, 0.3) is 0 Å². The second kappa shape index (κ2) is 4.46. The Bertz CT molecular complexity index is 480. The van der Waals surface area contributed by atoms with E-state index in [0.29, 0.717) is 0 Å². The van der Waals surface area contributed by atoms with Gasteiger partial charge in [0.05, 0.1) is 11.5 Å². The van der Waals surface area contributed by atoms with Gasteiger partial charge in [-0.25, -0.2) is 0 Å². The first-order valence-electron chi connectivity index (χ1n) is 5.26. The number of ether oxygens (including phenoxy) is 1. The Labute approximate surface area is 106 Å². The van der Waals surface area contributed by atoms with E-state index in [1.165, 1.54) is 7.05 Å². The molecular formula is C10H10ClF3N2O2. The van der Waals surface area contributed by atoms with E-state index < -0.39 is 24.4 Å². The molecule has 18 heavy (non-hydrogen) atoms. The van der Waals surface area contributed by atoms with Crippen molar-refractivity contribution in [2.24, 2.45) is 13.0 Å². The fourth-order valence-corrected chi connectivity index (χ4v) is 1.67. The van der Waals surface area contributed by atoms with E-state index >= 15 is 0 Å². The predicted octanol–water partition coefficient (Wildman–Crippen LogP) is 2.55. The lowest BCUT2D eigenvalue weighted by Crippen LogP contribution is -2.12. The fourth-order valence-electron chi connectivity index (χ4n) is 1.48. The smallest absolute Gasteiger partial charge is 0.435 e. The van der Waals surface area contributed by atoms with Crippen molar-refractivity contribution in [1.29, 1.82) is 0 Å². The summed E-state index contributed by atoms with van der Waals surface area (Å²) in [6.07, 6.45) is -3.16. The SMILES string of the molecule is Cn1nc(C(F)(F)F)c(COC(=O)C2CC2)c1Cl. The Morgan fingerprint density at radius 3 is 2.67 bits per heavy atom. The highest BCUT2D eigenvalue weighted by Crippen LogP contribution is 2.35. The number of carbonyl (C=O) groups excluding carboxylic acids is 1. The second-order valence-corrected chi connectivity index (χ2v) is 4.48. The number of hydrogen-bond acceptors (Lipinski definition) is 3. The van der Waals surface area contributed by atoms with Gasteiger partial charge in [-0.05, 0) is 12.8 Å². The van der Waals surface area contributed by atoms with Crippen LogP contribution in [0.2, 0.25) is 5.15 Å². The Hall–Kier alpha value is -1.24. The van der Waals surface area contributed by atoms with Gasteiger partial charge in [0.25, 0.3) is 0 Å². The van der Waals surface area contributed by atoms with Crippen LogP contribution in [-0.4, -0.2) is 15.7 Å². The predicted molar refractivity (Wildman–Crippen MR) is 55.7 cm³/mol. The third-order valence-electron chi connectivity index (χ3n) is 2.61. The van der Waals surface area contributed by atoms with Crippen molar-refractivity contribution in [3.63, 3.8) is 0 Å². The first-order chi connectivity index (χ1) is 8.30. The largest absolute Gasteiger partial charge is 0.460 e. The summed E-state index contributed by atoms with van der Waals surface area (Å²) >= 11 is 5.71. The lowest BCUT2D eigenvalue weighted by Gasteiger charge is -2.07. The van der Waals surface area contributed by atoms with Crippen molar-refractivity contribution in [3.05, 3.63) is 16.4 Å². The highest BCUT2D eigenvalue weighted by atomic mass is 35.5. The van der Waals surface area contributed by atoms with E-state index in [0.717, 1.165) is 17.5 Å². The molecule has 0 unspecified atom stereocenters. The van der Waals surface area contributed by atoms with Gasteiger partial charge in [0.2, 0.25) is 0 Å². The molecule has 0 aromatic carbocycles. The molecule has 0 N–H and O–H groups in total. The van der Waals surface area contributed by atoms with E-state index in [-0.39, 0.29) is 16.6 Å². The number of nitrogens with zero attached hydrogens (tertiary/aromatic N) is 2. The van der Waals surface area contributed by atoms with Gasteiger partial charge in [-0.15, -0.1) is 0 Å². The van der Waals surface area contributed by atoms with Gasteiger partial charge in [0, 0.05) is 7.05 Å². The van der Waals surface area contributed by atoms with Crippen molar-refractivity contribution >= 4 is 17.6 Å². The van der Waals surface area contributed by atoms with Crippen molar-refractivity contribution in [1.82, 2.24) is 9.78 Å². The fraction of sp³-hybridized carbons (Fsp3) is 0.600. The summed E-state index contributed by atoms with van der Waals surface area (Å²) in [6.45, 7) is -0.503. The Balaban J connectivity index is 2.17. The molecule has 4 nitrogen and oxygen atoms in total. The van der Waals surface area contributed by atoms with Crippen molar-refractivity contribution < 1.29 is 22.7 Å². The first kappa shape index (κ1) is 13.2. The average molecular weight is 283 g/mol. The lowest BCUT2D eigenvalue weighted by atomic mass is 10.2. The first-order valence-corrected chi connectivity index (χ1v) is 5.63. The number of halogens is 4. The van der Waals surface area contributed by atoms with Gasteiger partial charge in [-0.2, -0.15) is 18.3 Å². The quantitative estimate of drug-likeness (QED) is 0.800. The summed E-state index contributed by atoms with van der Waals surface area (Å²) in [5.41, 5.74) is -1.42. The molecule has 1 aromatic rings. The lowest BCUT2D eigenvalue weighted by molar-refractivity contribution is -0.149. The molecule has 100 valence electrons. The van der Waals surface area contributed by atoms with Crippen LogP contribution < -0.4 is 0 Å². The number of rotatable bonds is 3. The minimum Gasteiger partial charge on any atom is -0.460 e. The Kier molecular flexibility index (Phi) is 3.27. The molecule has 2 rings (SSSR count). The van der Waals surface area contributed by atoms with Crippen molar-refractivity contribution in [3.8, 4) is 0 Å². The highest BCUT2D eigenvalue weighted by molar-refractivity contribution is 6.30. The molecule has 0 radical (unpaired) electrons. The van der Waals surface area contributed by atoms with Crippen LogP contribution in [-0.2, 0) is 29.4 Å². The van der Waals surface area contributed by atoms with Gasteiger partial charge in [-0.1, -0.05) is 11.6 Å². The second-order valence-electron chi connectivity index (χ2n) is 4.12. The topological polar surface area (TPSA) is 44.1 Å². The third-order valence-corrected chi connectivity index (χ3v) is 3.08. The molecule has 0 saturated heterocycles. The maximum atomic E-state index is 12.7. The van der Waals surface area contributed by atoms with Crippen LogP contribution in [0.5, 0.6) is 0 Å². The monoisotopic (exact) mass is 282 g/mol. The molecule has 8 heteroatoms. The molecule has 1 saturated carbocycles. The zero-order chi connectivity index (χ0) is 13.5. The summed E-state index contributed by atoms with van der Waals surface area (Å²) in [7, 11) is 1.30. The molecular weight excluding hydrogens is 273 g/mol. The van der Waals surface area contributed by atoms with E-state index in [1.807, 2.05) is 0 Å². The van der Waals surface area contributed by atoms with E-state index in [4.69, 9.17) is 16.3 Å². The molecule has 0 aliphatic heterocycles. The number of hydrogen-bond donors (Lipinski definition) is 0. The zero-order valence-electron chi connectivity index (χ0n) is 9.42. The van der Waals surface area contributed by atoms with Crippen molar-refractivity contribution in [2.75, 3.05) is 0 Å². The van der Waals surface area contributed by atoms with Crippen LogP contribution in [0.15, 0.2) is 0 Å². The number of aryl methyl sites for hydroxylation is 1. The van der Waals surface area contributed by atoms with E-state index in [2.05, 4.69) is 5.10 Å². The number of carbonyl (C=O) groups is 1. The number of esters is 1. The molecule has 1 fully saturated rings. The molecule has 0 atom stereocenters. The molecule has 0 amide bonds. The van der Waals surface area contributed by atoms with Gasteiger partial charge in [0.15, 0.2) is 5.69 Å². The van der Waals surface area contributed by atoms with Gasteiger partial charge in [0.1, 0.15) is 11.8 Å². The average Bonchev–Trinajstić information content (AvgIpc) is 3.05. The van der Waals surface area contributed by atoms with Gasteiger partial charge >= 0.3 is 12.1 Å². The number of alkyl halides is 3. The maximum Gasteiger partial charge on any atom is 0.435 e.